The Balaban J connectivity index is 2.42. The van der Waals surface area contributed by atoms with Crippen LogP contribution in [0, 0.1) is 5.82 Å². The lowest BCUT2D eigenvalue weighted by Crippen LogP contribution is -2.09. The van der Waals surface area contributed by atoms with Crippen LogP contribution in [0.15, 0.2) is 24.4 Å². The standard InChI is InChI=1S/C14H15FN2O4/c1-19-8-4-5-9(10(15)6-8)13(18)12-14(21-3)17-11(20-2)7-16-12/h4-7,13,18H,1-3H3. The molecule has 7 heteroatoms. The zero-order valence-electron chi connectivity index (χ0n) is 11.8. The summed E-state index contributed by atoms with van der Waals surface area (Å²) in [6.45, 7) is 0. The fourth-order valence-electron chi connectivity index (χ4n) is 1.81. The highest BCUT2D eigenvalue weighted by Gasteiger charge is 2.22. The largest absolute Gasteiger partial charge is 0.497 e. The summed E-state index contributed by atoms with van der Waals surface area (Å²) < 4.78 is 28.9. The number of methoxy groups -OCH3 is 3. The van der Waals surface area contributed by atoms with Gasteiger partial charge in [0.05, 0.1) is 27.5 Å². The Labute approximate surface area is 121 Å². The van der Waals surface area contributed by atoms with Crippen molar-refractivity contribution < 1.29 is 23.7 Å². The van der Waals surface area contributed by atoms with Crippen molar-refractivity contribution in [2.75, 3.05) is 21.3 Å². The highest BCUT2D eigenvalue weighted by molar-refractivity contribution is 5.36. The molecule has 1 aromatic heterocycles. The first-order valence-electron chi connectivity index (χ1n) is 6.07. The maximum Gasteiger partial charge on any atom is 0.241 e. The average molecular weight is 294 g/mol. The molecule has 0 aliphatic carbocycles. The molecule has 2 rings (SSSR count). The Morgan fingerprint density at radius 3 is 2.48 bits per heavy atom. The predicted octanol–water partition coefficient (Wildman–Crippen LogP) is 1.72. The average Bonchev–Trinajstić information content (AvgIpc) is 2.53. The molecule has 1 N–H and O–H groups in total. The first-order valence-corrected chi connectivity index (χ1v) is 6.07. The molecule has 0 aliphatic heterocycles. The Morgan fingerprint density at radius 2 is 1.90 bits per heavy atom. The van der Waals surface area contributed by atoms with E-state index in [1.165, 1.54) is 39.7 Å². The van der Waals surface area contributed by atoms with Gasteiger partial charge in [-0.2, -0.15) is 4.98 Å². The number of aliphatic hydroxyl groups excluding tert-OH is 1. The van der Waals surface area contributed by atoms with E-state index >= 15 is 0 Å². The summed E-state index contributed by atoms with van der Waals surface area (Å²) in [7, 11) is 4.25. The van der Waals surface area contributed by atoms with Crippen LogP contribution in [0.25, 0.3) is 0 Å². The van der Waals surface area contributed by atoms with Crippen LogP contribution in [-0.4, -0.2) is 36.4 Å². The van der Waals surface area contributed by atoms with E-state index in [0.29, 0.717) is 5.75 Å². The Bertz CT molecular complexity index is 636. The Morgan fingerprint density at radius 1 is 1.14 bits per heavy atom. The number of ether oxygens (including phenoxy) is 3. The smallest absolute Gasteiger partial charge is 0.241 e. The van der Waals surface area contributed by atoms with Crippen LogP contribution in [0.3, 0.4) is 0 Å². The van der Waals surface area contributed by atoms with Gasteiger partial charge in [-0.1, -0.05) is 0 Å². The van der Waals surface area contributed by atoms with Crippen molar-refractivity contribution in [1.82, 2.24) is 9.97 Å². The first kappa shape index (κ1) is 15.0. The normalized spacial score (nSPS) is 11.9. The number of rotatable bonds is 5. The van der Waals surface area contributed by atoms with Gasteiger partial charge in [0.2, 0.25) is 11.8 Å². The molecule has 0 fully saturated rings. The molecule has 112 valence electrons. The van der Waals surface area contributed by atoms with E-state index in [9.17, 15) is 9.50 Å². The van der Waals surface area contributed by atoms with Crippen LogP contribution < -0.4 is 14.2 Å². The second-order valence-electron chi connectivity index (χ2n) is 4.10. The summed E-state index contributed by atoms with van der Waals surface area (Å²) in [4.78, 5) is 8.03. The summed E-state index contributed by atoms with van der Waals surface area (Å²) in [5, 5.41) is 10.3. The van der Waals surface area contributed by atoms with E-state index in [0.717, 1.165) is 0 Å². The highest BCUT2D eigenvalue weighted by Crippen LogP contribution is 2.30. The van der Waals surface area contributed by atoms with Crippen molar-refractivity contribution in [1.29, 1.82) is 0 Å². The van der Waals surface area contributed by atoms with Gasteiger partial charge in [0.25, 0.3) is 0 Å². The minimum Gasteiger partial charge on any atom is -0.497 e. The third-order valence-electron chi connectivity index (χ3n) is 2.91. The zero-order chi connectivity index (χ0) is 15.4. The molecule has 0 spiro atoms. The molecule has 1 atom stereocenters. The van der Waals surface area contributed by atoms with Gasteiger partial charge in [-0.25, -0.2) is 9.37 Å². The monoisotopic (exact) mass is 294 g/mol. The molecule has 0 bridgehead atoms. The van der Waals surface area contributed by atoms with Crippen molar-refractivity contribution in [2.24, 2.45) is 0 Å². The number of halogens is 1. The molecule has 2 aromatic rings. The van der Waals surface area contributed by atoms with Crippen molar-refractivity contribution in [2.45, 2.75) is 6.10 Å². The summed E-state index contributed by atoms with van der Waals surface area (Å²) >= 11 is 0. The Hall–Kier alpha value is -2.41. The van der Waals surface area contributed by atoms with E-state index in [1.54, 1.807) is 6.07 Å². The zero-order valence-corrected chi connectivity index (χ0v) is 11.8. The topological polar surface area (TPSA) is 73.7 Å². The lowest BCUT2D eigenvalue weighted by atomic mass is 10.1. The van der Waals surface area contributed by atoms with Crippen molar-refractivity contribution in [3.05, 3.63) is 41.5 Å². The molecule has 6 nitrogen and oxygen atoms in total. The van der Waals surface area contributed by atoms with Gasteiger partial charge in [0.1, 0.15) is 23.4 Å². The summed E-state index contributed by atoms with van der Waals surface area (Å²) in [6.07, 6.45) is 0.00643. The van der Waals surface area contributed by atoms with E-state index in [2.05, 4.69) is 9.97 Å². The highest BCUT2D eigenvalue weighted by atomic mass is 19.1. The van der Waals surface area contributed by atoms with Crippen molar-refractivity contribution >= 4 is 0 Å². The molecule has 1 heterocycles. The maximum absolute atomic E-state index is 14.0. The van der Waals surface area contributed by atoms with Gasteiger partial charge in [-0.05, 0) is 12.1 Å². The van der Waals surface area contributed by atoms with Crippen LogP contribution in [0.1, 0.15) is 17.4 Å². The van der Waals surface area contributed by atoms with E-state index in [1.807, 2.05) is 0 Å². The molecule has 21 heavy (non-hydrogen) atoms. The van der Waals surface area contributed by atoms with Gasteiger partial charge in [0.15, 0.2) is 0 Å². The molecule has 0 radical (unpaired) electrons. The number of nitrogens with zero attached hydrogens (tertiary/aromatic N) is 2. The number of aromatic nitrogens is 2. The SMILES string of the molecule is COc1ccc(C(O)c2ncc(OC)nc2OC)c(F)c1. The minimum atomic E-state index is -1.32. The van der Waals surface area contributed by atoms with Gasteiger partial charge in [-0.15, -0.1) is 0 Å². The maximum atomic E-state index is 14.0. The second-order valence-corrected chi connectivity index (χ2v) is 4.10. The molecule has 0 amide bonds. The van der Waals surface area contributed by atoms with Gasteiger partial charge < -0.3 is 19.3 Å². The van der Waals surface area contributed by atoms with Crippen LogP contribution in [0.4, 0.5) is 4.39 Å². The quantitative estimate of drug-likeness (QED) is 0.905. The van der Waals surface area contributed by atoms with Crippen LogP contribution in [-0.2, 0) is 0 Å². The van der Waals surface area contributed by atoms with E-state index in [-0.39, 0.29) is 23.0 Å². The molecular formula is C14H15FN2O4. The number of benzene rings is 1. The van der Waals surface area contributed by atoms with Crippen molar-refractivity contribution in [3.8, 4) is 17.5 Å². The van der Waals surface area contributed by atoms with Crippen LogP contribution in [0.5, 0.6) is 17.5 Å². The second kappa shape index (κ2) is 6.36. The fraction of sp³-hybridized carbons (Fsp3) is 0.286. The summed E-state index contributed by atoms with van der Waals surface area (Å²) in [5.74, 6) is 0.0489. The van der Waals surface area contributed by atoms with E-state index in [4.69, 9.17) is 14.2 Å². The van der Waals surface area contributed by atoms with Crippen LogP contribution >= 0.6 is 0 Å². The number of hydrogen-bond donors (Lipinski definition) is 1. The molecule has 1 aromatic carbocycles. The number of aliphatic hydroxyl groups is 1. The summed E-state index contributed by atoms with van der Waals surface area (Å²) in [5.41, 5.74) is 0.149. The van der Waals surface area contributed by atoms with E-state index < -0.39 is 11.9 Å². The minimum absolute atomic E-state index is 0.0496. The summed E-state index contributed by atoms with van der Waals surface area (Å²) in [6, 6.07) is 4.15. The molecule has 0 saturated heterocycles. The predicted molar refractivity (Wildman–Crippen MR) is 72.1 cm³/mol. The molecular weight excluding hydrogens is 279 g/mol. The molecule has 1 unspecified atom stereocenters. The molecule has 0 aliphatic rings. The fourth-order valence-corrected chi connectivity index (χ4v) is 1.81. The van der Waals surface area contributed by atoms with Gasteiger partial charge in [0, 0.05) is 11.6 Å². The van der Waals surface area contributed by atoms with Crippen molar-refractivity contribution in [3.63, 3.8) is 0 Å². The number of hydrogen-bond acceptors (Lipinski definition) is 6. The lowest BCUT2D eigenvalue weighted by molar-refractivity contribution is 0.201. The van der Waals surface area contributed by atoms with Gasteiger partial charge >= 0.3 is 0 Å². The third kappa shape index (κ3) is 3.03. The third-order valence-corrected chi connectivity index (χ3v) is 2.91. The molecule has 0 saturated carbocycles. The lowest BCUT2D eigenvalue weighted by Gasteiger charge is -2.15. The van der Waals surface area contributed by atoms with Gasteiger partial charge in [-0.3, -0.25) is 0 Å². The van der Waals surface area contributed by atoms with Crippen LogP contribution in [0.2, 0.25) is 0 Å². The first-order chi connectivity index (χ1) is 10.1. The Kier molecular flexibility index (Phi) is 4.54.